The lowest BCUT2D eigenvalue weighted by Gasteiger charge is -2.02. The highest BCUT2D eigenvalue weighted by Crippen LogP contribution is 2.30. The average molecular weight is 240 g/mol. The molecule has 2 aromatic rings. The van der Waals surface area contributed by atoms with Gasteiger partial charge in [0.15, 0.2) is 5.78 Å². The van der Waals surface area contributed by atoms with Crippen LogP contribution in [0.3, 0.4) is 0 Å². The van der Waals surface area contributed by atoms with E-state index >= 15 is 0 Å². The molecule has 2 rings (SSSR count). The molecular formula is C12H11ClFNO. The number of hydrogen-bond donors (Lipinski definition) is 0. The lowest BCUT2D eigenvalue weighted by atomic mass is 10.1. The molecule has 84 valence electrons. The molecule has 0 aliphatic carbocycles. The van der Waals surface area contributed by atoms with E-state index in [0.717, 1.165) is 10.9 Å². The lowest BCUT2D eigenvalue weighted by molar-refractivity contribution is 0.101. The Labute approximate surface area is 97.6 Å². The van der Waals surface area contributed by atoms with Crippen molar-refractivity contribution in [3.63, 3.8) is 0 Å². The zero-order chi connectivity index (χ0) is 11.7. The van der Waals surface area contributed by atoms with E-state index in [1.54, 1.807) is 4.57 Å². The Balaban J connectivity index is 2.80. The summed E-state index contributed by atoms with van der Waals surface area (Å²) in [6, 6.07) is 7.35. The van der Waals surface area contributed by atoms with Gasteiger partial charge in [0.1, 0.15) is 11.8 Å². The molecule has 0 amide bonds. The maximum Gasteiger partial charge on any atom is 0.163 e. The fraction of sp³-hybridized carbons (Fsp3) is 0.250. The second kappa shape index (κ2) is 4.26. The van der Waals surface area contributed by atoms with Crippen molar-refractivity contribution in [2.45, 2.75) is 13.5 Å². The van der Waals surface area contributed by atoms with Crippen molar-refractivity contribution in [1.82, 2.24) is 4.57 Å². The van der Waals surface area contributed by atoms with Gasteiger partial charge in [-0.05, 0) is 13.0 Å². The first-order chi connectivity index (χ1) is 7.66. The van der Waals surface area contributed by atoms with Crippen LogP contribution in [0.5, 0.6) is 0 Å². The number of fused-ring (bicyclic) bond motifs is 1. The van der Waals surface area contributed by atoms with Crippen LogP contribution in [0.15, 0.2) is 24.3 Å². The summed E-state index contributed by atoms with van der Waals surface area (Å²) < 4.78 is 14.1. The zero-order valence-corrected chi connectivity index (χ0v) is 9.59. The van der Waals surface area contributed by atoms with Gasteiger partial charge in [0.2, 0.25) is 0 Å². The number of benzene rings is 1. The Hall–Kier alpha value is -1.35. The number of aromatic nitrogens is 1. The monoisotopic (exact) mass is 239 g/mol. The second-order valence-corrected chi connectivity index (χ2v) is 3.94. The topological polar surface area (TPSA) is 22.0 Å². The fourth-order valence-electron chi connectivity index (χ4n) is 1.91. The van der Waals surface area contributed by atoms with Gasteiger partial charge in [0, 0.05) is 5.39 Å². The Kier molecular flexibility index (Phi) is 2.97. The molecule has 1 aromatic carbocycles. The number of aryl methyl sites for hydroxylation is 1. The summed E-state index contributed by atoms with van der Waals surface area (Å²) in [4.78, 5) is 11.5. The molecule has 0 saturated heterocycles. The van der Waals surface area contributed by atoms with E-state index < -0.39 is 6.67 Å². The van der Waals surface area contributed by atoms with Crippen LogP contribution >= 0.6 is 11.6 Å². The molecule has 0 aliphatic rings. The number of ketones is 1. The third kappa shape index (κ3) is 1.61. The predicted octanol–water partition coefficient (Wildman–Crippen LogP) is 3.47. The summed E-state index contributed by atoms with van der Waals surface area (Å²) in [5.41, 5.74) is 1.28. The van der Waals surface area contributed by atoms with E-state index in [0.29, 0.717) is 10.7 Å². The fourth-order valence-corrected chi connectivity index (χ4v) is 2.32. The number of halogens is 2. The molecule has 1 aromatic heterocycles. The van der Waals surface area contributed by atoms with Crippen LogP contribution < -0.4 is 0 Å². The molecule has 0 spiro atoms. The Bertz CT molecular complexity index is 547. The maximum absolute atomic E-state index is 12.4. The van der Waals surface area contributed by atoms with Crippen molar-refractivity contribution in [3.8, 4) is 0 Å². The minimum atomic E-state index is -0.504. The first kappa shape index (κ1) is 11.1. The normalized spacial score (nSPS) is 10.9. The molecule has 16 heavy (non-hydrogen) atoms. The number of nitrogens with zero attached hydrogens (tertiary/aromatic N) is 1. The Morgan fingerprint density at radius 1 is 1.44 bits per heavy atom. The van der Waals surface area contributed by atoms with E-state index in [1.165, 1.54) is 6.92 Å². The quantitative estimate of drug-likeness (QED) is 0.752. The number of carbonyl (C=O) groups is 1. The number of hydrogen-bond acceptors (Lipinski definition) is 1. The molecule has 0 N–H and O–H groups in total. The number of carbonyl (C=O) groups excluding carboxylic acids is 1. The van der Waals surface area contributed by atoms with Crippen molar-refractivity contribution in [3.05, 3.63) is 35.0 Å². The van der Waals surface area contributed by atoms with Gasteiger partial charge in [-0.3, -0.25) is 4.79 Å². The predicted molar refractivity (Wildman–Crippen MR) is 62.9 cm³/mol. The van der Waals surface area contributed by atoms with Crippen molar-refractivity contribution in [2.24, 2.45) is 0 Å². The molecule has 0 atom stereocenters. The summed E-state index contributed by atoms with van der Waals surface area (Å²) in [6.07, 6.45) is 0. The molecule has 2 nitrogen and oxygen atoms in total. The SMILES string of the molecule is CC(=O)c1c(Cl)n(CCF)c2ccccc12. The summed E-state index contributed by atoms with van der Waals surface area (Å²) in [5, 5.41) is 1.11. The lowest BCUT2D eigenvalue weighted by Crippen LogP contribution is -2.00. The van der Waals surface area contributed by atoms with Crippen LogP contribution in [0, 0.1) is 0 Å². The van der Waals surface area contributed by atoms with Crippen molar-refractivity contribution in [2.75, 3.05) is 6.67 Å². The first-order valence-corrected chi connectivity index (χ1v) is 5.38. The summed E-state index contributed by atoms with van der Waals surface area (Å²) in [7, 11) is 0. The molecule has 0 unspecified atom stereocenters. The molecule has 1 heterocycles. The van der Waals surface area contributed by atoms with Crippen LogP contribution in [-0.2, 0) is 6.54 Å². The van der Waals surface area contributed by atoms with Crippen LogP contribution in [0.1, 0.15) is 17.3 Å². The third-order valence-corrected chi connectivity index (χ3v) is 2.96. The van der Waals surface area contributed by atoms with E-state index in [-0.39, 0.29) is 12.3 Å². The number of alkyl halides is 1. The van der Waals surface area contributed by atoms with Gasteiger partial charge in [-0.1, -0.05) is 29.8 Å². The minimum Gasteiger partial charge on any atom is -0.328 e. The highest BCUT2D eigenvalue weighted by atomic mass is 35.5. The van der Waals surface area contributed by atoms with E-state index in [9.17, 15) is 9.18 Å². The Morgan fingerprint density at radius 3 is 2.75 bits per heavy atom. The highest BCUT2D eigenvalue weighted by Gasteiger charge is 2.17. The molecule has 0 aliphatic heterocycles. The van der Waals surface area contributed by atoms with Gasteiger partial charge in [0.05, 0.1) is 17.6 Å². The Morgan fingerprint density at radius 2 is 2.12 bits per heavy atom. The summed E-state index contributed by atoms with van der Waals surface area (Å²) in [6.45, 7) is 1.13. The van der Waals surface area contributed by atoms with Gasteiger partial charge in [-0.2, -0.15) is 0 Å². The number of rotatable bonds is 3. The standard InChI is InChI=1S/C12H11ClFNO/c1-8(16)11-9-4-2-3-5-10(9)15(7-6-14)12(11)13/h2-5H,6-7H2,1H3. The van der Waals surface area contributed by atoms with Crippen molar-refractivity contribution in [1.29, 1.82) is 0 Å². The summed E-state index contributed by atoms with van der Waals surface area (Å²) in [5.74, 6) is -0.0983. The maximum atomic E-state index is 12.4. The van der Waals surface area contributed by atoms with Crippen molar-refractivity contribution < 1.29 is 9.18 Å². The smallest absolute Gasteiger partial charge is 0.163 e. The van der Waals surface area contributed by atoms with Crippen molar-refractivity contribution >= 4 is 28.3 Å². The van der Waals surface area contributed by atoms with Crippen LogP contribution in [0.25, 0.3) is 10.9 Å². The molecule has 0 radical (unpaired) electrons. The molecule has 0 saturated carbocycles. The summed E-state index contributed by atoms with van der Waals surface area (Å²) >= 11 is 6.10. The van der Waals surface area contributed by atoms with E-state index in [1.807, 2.05) is 24.3 Å². The van der Waals surface area contributed by atoms with Gasteiger partial charge in [-0.15, -0.1) is 0 Å². The molecule has 0 fully saturated rings. The van der Waals surface area contributed by atoms with Gasteiger partial charge >= 0.3 is 0 Å². The third-order valence-electron chi connectivity index (χ3n) is 2.57. The van der Waals surface area contributed by atoms with E-state index in [4.69, 9.17) is 11.6 Å². The van der Waals surface area contributed by atoms with Crippen LogP contribution in [0.2, 0.25) is 5.15 Å². The van der Waals surface area contributed by atoms with Crippen LogP contribution in [0.4, 0.5) is 4.39 Å². The molecule has 0 bridgehead atoms. The minimum absolute atomic E-state index is 0.0983. The average Bonchev–Trinajstić information content (AvgIpc) is 2.53. The van der Waals surface area contributed by atoms with Crippen LogP contribution in [-0.4, -0.2) is 17.0 Å². The van der Waals surface area contributed by atoms with Gasteiger partial charge in [-0.25, -0.2) is 4.39 Å². The largest absolute Gasteiger partial charge is 0.328 e. The molecular weight excluding hydrogens is 229 g/mol. The first-order valence-electron chi connectivity index (χ1n) is 5.00. The highest BCUT2D eigenvalue weighted by molar-refractivity contribution is 6.35. The molecule has 4 heteroatoms. The van der Waals surface area contributed by atoms with Gasteiger partial charge in [0.25, 0.3) is 0 Å². The van der Waals surface area contributed by atoms with E-state index in [2.05, 4.69) is 0 Å². The van der Waals surface area contributed by atoms with Gasteiger partial charge < -0.3 is 4.57 Å². The zero-order valence-electron chi connectivity index (χ0n) is 8.84. The second-order valence-electron chi connectivity index (χ2n) is 3.58. The number of para-hydroxylation sites is 1. The number of Topliss-reactive ketones (excluding diaryl/α,β-unsaturated/α-hetero) is 1.